The van der Waals surface area contributed by atoms with Gasteiger partial charge in [-0.1, -0.05) is 23.7 Å². The number of carbonyl (C=O) groups excluding carboxylic acids is 1. The van der Waals surface area contributed by atoms with Crippen LogP contribution < -0.4 is 0 Å². The van der Waals surface area contributed by atoms with Crippen LogP contribution in [-0.4, -0.2) is 53.8 Å². The molecule has 31 heavy (non-hydrogen) atoms. The quantitative estimate of drug-likeness (QED) is 0.579. The predicted octanol–water partition coefficient (Wildman–Crippen LogP) is 3.80. The van der Waals surface area contributed by atoms with E-state index in [2.05, 4.69) is 52.9 Å². The van der Waals surface area contributed by atoms with E-state index in [4.69, 9.17) is 21.1 Å². The van der Waals surface area contributed by atoms with Crippen LogP contribution in [0.1, 0.15) is 27.9 Å². The maximum Gasteiger partial charge on any atom is 0.339 e. The molecule has 1 fully saturated rings. The molecule has 2 aromatic heterocycles. The molecular formula is C24H26ClN3O3. The number of hydrogen-bond donors (Lipinski definition) is 0. The number of rotatable bonds is 4. The van der Waals surface area contributed by atoms with E-state index in [1.165, 1.54) is 34.4 Å². The van der Waals surface area contributed by atoms with Crippen LogP contribution in [0, 0.1) is 5.92 Å². The van der Waals surface area contributed by atoms with Gasteiger partial charge in [0.2, 0.25) is 0 Å². The van der Waals surface area contributed by atoms with Gasteiger partial charge in [-0.15, -0.1) is 0 Å². The minimum absolute atomic E-state index is 0.151. The molecule has 1 aliphatic heterocycles. The van der Waals surface area contributed by atoms with Crippen molar-refractivity contribution in [2.45, 2.75) is 24.5 Å². The smallest absolute Gasteiger partial charge is 0.339 e. The van der Waals surface area contributed by atoms with Crippen molar-refractivity contribution in [1.82, 2.24) is 14.5 Å². The first-order chi connectivity index (χ1) is 14.9. The first-order valence-electron chi connectivity index (χ1n) is 10.5. The molecule has 0 bridgehead atoms. The highest BCUT2D eigenvalue weighted by atomic mass is 35.5. The van der Waals surface area contributed by atoms with E-state index in [1.807, 2.05) is 0 Å². The molecule has 3 unspecified atom stereocenters. The fraction of sp³-hybridized carbons (Fsp3) is 0.417. The van der Waals surface area contributed by atoms with Crippen molar-refractivity contribution >= 4 is 28.5 Å². The molecule has 5 rings (SSSR count). The lowest BCUT2D eigenvalue weighted by atomic mass is 9.69. The van der Waals surface area contributed by atoms with Crippen LogP contribution in [0.4, 0.5) is 0 Å². The summed E-state index contributed by atoms with van der Waals surface area (Å²) in [7, 11) is 6.04. The third-order valence-corrected chi connectivity index (χ3v) is 7.13. The number of hydrogen-bond acceptors (Lipinski definition) is 5. The largest absolute Gasteiger partial charge is 0.462 e. The van der Waals surface area contributed by atoms with E-state index in [0.717, 1.165) is 19.4 Å². The Hall–Kier alpha value is -2.41. The molecule has 0 amide bonds. The number of halogens is 1. The van der Waals surface area contributed by atoms with Crippen molar-refractivity contribution < 1.29 is 14.3 Å². The third kappa shape index (κ3) is 3.25. The highest BCUT2D eigenvalue weighted by molar-refractivity contribution is 6.30. The number of aromatic nitrogens is 2. The Morgan fingerprint density at radius 1 is 1.32 bits per heavy atom. The van der Waals surface area contributed by atoms with E-state index in [1.54, 1.807) is 13.2 Å². The summed E-state index contributed by atoms with van der Waals surface area (Å²) in [4.78, 5) is 18.8. The lowest BCUT2D eigenvalue weighted by Crippen LogP contribution is -2.59. The van der Waals surface area contributed by atoms with Crippen molar-refractivity contribution in [3.05, 3.63) is 64.6 Å². The van der Waals surface area contributed by atoms with Crippen LogP contribution in [-0.2, 0) is 28.5 Å². The molecule has 1 aromatic carbocycles. The minimum Gasteiger partial charge on any atom is -0.462 e. The number of carbonyl (C=O) groups is 1. The summed E-state index contributed by atoms with van der Waals surface area (Å²) < 4.78 is 14.2. The third-order valence-electron chi connectivity index (χ3n) is 6.93. The molecule has 3 atom stereocenters. The number of aryl methyl sites for hydroxylation is 1. The number of likely N-dealkylation sites (tertiary alicyclic amines) is 1. The maximum absolute atomic E-state index is 12.5. The fourth-order valence-corrected chi connectivity index (χ4v) is 5.80. The van der Waals surface area contributed by atoms with Crippen molar-refractivity contribution in [1.29, 1.82) is 0 Å². The molecule has 1 saturated heterocycles. The van der Waals surface area contributed by atoms with E-state index in [0.29, 0.717) is 17.2 Å². The second-order valence-corrected chi connectivity index (χ2v) is 9.21. The summed E-state index contributed by atoms with van der Waals surface area (Å²) in [5.74, 6) is -0.250. The molecule has 0 N–H and O–H groups in total. The number of methoxy groups -OCH3 is 1. The zero-order chi connectivity index (χ0) is 21.8. The number of pyridine rings is 1. The van der Waals surface area contributed by atoms with Crippen LogP contribution >= 0.6 is 11.6 Å². The summed E-state index contributed by atoms with van der Waals surface area (Å²) >= 11 is 5.96. The molecule has 7 heteroatoms. The van der Waals surface area contributed by atoms with Crippen molar-refractivity contribution in [2.75, 3.05) is 27.3 Å². The highest BCUT2D eigenvalue weighted by Crippen LogP contribution is 2.49. The molecule has 6 nitrogen and oxygen atoms in total. The second kappa shape index (κ2) is 7.62. The highest BCUT2D eigenvalue weighted by Gasteiger charge is 2.51. The number of fused-ring (bicyclic) bond motifs is 2. The summed E-state index contributed by atoms with van der Waals surface area (Å²) in [6, 6.07) is 8.29. The average Bonchev–Trinajstić information content (AvgIpc) is 3.09. The van der Waals surface area contributed by atoms with Crippen LogP contribution in [0.3, 0.4) is 0 Å². The summed E-state index contributed by atoms with van der Waals surface area (Å²) in [5.41, 5.74) is 3.77. The van der Waals surface area contributed by atoms with Gasteiger partial charge in [0.25, 0.3) is 0 Å². The van der Waals surface area contributed by atoms with Gasteiger partial charge in [0.1, 0.15) is 5.60 Å². The molecular weight excluding hydrogens is 414 g/mol. The van der Waals surface area contributed by atoms with Gasteiger partial charge in [0.15, 0.2) is 0 Å². The first-order valence-corrected chi connectivity index (χ1v) is 10.9. The van der Waals surface area contributed by atoms with E-state index < -0.39 is 11.6 Å². The Morgan fingerprint density at radius 3 is 2.94 bits per heavy atom. The molecule has 3 aromatic rings. The monoisotopic (exact) mass is 439 g/mol. The predicted molar refractivity (Wildman–Crippen MR) is 119 cm³/mol. The number of nitrogens with zero attached hydrogens (tertiary/aromatic N) is 3. The number of esters is 1. The number of ether oxygens (including phenoxy) is 2. The molecule has 1 aliphatic carbocycles. The van der Waals surface area contributed by atoms with Gasteiger partial charge < -0.3 is 14.0 Å². The summed E-state index contributed by atoms with van der Waals surface area (Å²) in [5, 5.41) is 1.72. The normalized spacial score (nSPS) is 25.4. The Bertz CT molecular complexity index is 1160. The molecule has 162 valence electrons. The van der Waals surface area contributed by atoms with Gasteiger partial charge >= 0.3 is 5.97 Å². The summed E-state index contributed by atoms with van der Waals surface area (Å²) in [6.45, 7) is 1.17. The van der Waals surface area contributed by atoms with Gasteiger partial charge in [0.05, 0.1) is 17.2 Å². The zero-order valence-corrected chi connectivity index (χ0v) is 18.7. The lowest BCUT2D eigenvalue weighted by molar-refractivity contribution is -0.131. The van der Waals surface area contributed by atoms with Crippen molar-refractivity contribution in [2.24, 2.45) is 13.0 Å². The fourth-order valence-electron chi connectivity index (χ4n) is 5.63. The topological polar surface area (TPSA) is 56.6 Å². The van der Waals surface area contributed by atoms with Gasteiger partial charge in [-0.3, -0.25) is 9.88 Å². The van der Waals surface area contributed by atoms with Crippen molar-refractivity contribution in [3.63, 3.8) is 0 Å². The molecule has 0 saturated carbocycles. The second-order valence-electron chi connectivity index (χ2n) is 8.78. The van der Waals surface area contributed by atoms with Crippen LogP contribution in [0.15, 0.2) is 42.9 Å². The van der Waals surface area contributed by atoms with Gasteiger partial charge in [0, 0.05) is 62.2 Å². The minimum atomic E-state index is -0.435. The van der Waals surface area contributed by atoms with E-state index in [-0.39, 0.29) is 12.0 Å². The number of benzene rings is 1. The van der Waals surface area contributed by atoms with E-state index in [9.17, 15) is 4.79 Å². The van der Waals surface area contributed by atoms with Gasteiger partial charge in [-0.2, -0.15) is 0 Å². The average molecular weight is 440 g/mol. The first kappa shape index (κ1) is 20.5. The Kier molecular flexibility index (Phi) is 5.04. The van der Waals surface area contributed by atoms with Crippen LogP contribution in [0.5, 0.6) is 0 Å². The van der Waals surface area contributed by atoms with Gasteiger partial charge in [-0.25, -0.2) is 4.79 Å². The SMILES string of the molecule is COC12CC(COC(=O)c3cncc(Cl)c3)CN(C)C1Cc1cn(C)c3cccc2c13. The molecule has 2 aliphatic rings. The molecule has 0 spiro atoms. The number of likely N-dealkylation sites (N-methyl/N-ethyl adjacent to an activating group) is 1. The molecule has 3 heterocycles. The maximum atomic E-state index is 12.5. The van der Waals surface area contributed by atoms with Crippen LogP contribution in [0.2, 0.25) is 5.02 Å². The Labute approximate surface area is 186 Å². The standard InChI is InChI=1S/C24H26ClN3O3/c1-27-13-17-8-21-24(30-3,19-5-4-6-20(27)22(17)19)9-15(12-28(21)2)14-31-23(29)16-7-18(25)11-26-10-16/h4-7,10-11,13,15,21H,8-9,12,14H2,1-3H3. The molecule has 0 radical (unpaired) electrons. The lowest BCUT2D eigenvalue weighted by Gasteiger charge is -2.53. The summed E-state index contributed by atoms with van der Waals surface area (Å²) in [6.07, 6.45) is 6.96. The Morgan fingerprint density at radius 2 is 2.16 bits per heavy atom. The van der Waals surface area contributed by atoms with Crippen molar-refractivity contribution in [3.8, 4) is 0 Å². The Balaban J connectivity index is 1.44. The number of piperidine rings is 1. The zero-order valence-electron chi connectivity index (χ0n) is 18.0. The van der Waals surface area contributed by atoms with Gasteiger partial charge in [-0.05, 0) is 43.1 Å². The van der Waals surface area contributed by atoms with E-state index >= 15 is 0 Å². The van der Waals surface area contributed by atoms with Crippen LogP contribution in [0.25, 0.3) is 10.9 Å².